The second-order valence-corrected chi connectivity index (χ2v) is 10.1. The number of aromatic nitrogens is 4. The second kappa shape index (κ2) is 12.2. The molecule has 0 fully saturated rings. The summed E-state index contributed by atoms with van der Waals surface area (Å²) in [7, 11) is 0. The van der Waals surface area contributed by atoms with Crippen LogP contribution in [0.5, 0.6) is 11.8 Å². The Bertz CT molecular complexity index is 1690. The van der Waals surface area contributed by atoms with Crippen molar-refractivity contribution in [1.82, 2.24) is 19.7 Å². The van der Waals surface area contributed by atoms with Gasteiger partial charge in [-0.15, -0.1) is 0 Å². The van der Waals surface area contributed by atoms with Crippen LogP contribution in [-0.2, 0) is 13.0 Å². The molecule has 0 bridgehead atoms. The molecule has 0 aliphatic rings. The van der Waals surface area contributed by atoms with E-state index in [9.17, 15) is 9.90 Å². The summed E-state index contributed by atoms with van der Waals surface area (Å²) in [5.41, 5.74) is 5.70. The third-order valence-corrected chi connectivity index (χ3v) is 7.15. The molecule has 0 saturated heterocycles. The van der Waals surface area contributed by atoms with Crippen LogP contribution in [0.1, 0.15) is 50.7 Å². The zero-order chi connectivity index (χ0) is 28.9. The molecule has 0 spiro atoms. The van der Waals surface area contributed by atoms with Crippen molar-refractivity contribution in [3.8, 4) is 45.5 Å². The Morgan fingerprint density at radius 2 is 1.61 bits per heavy atom. The van der Waals surface area contributed by atoms with Crippen LogP contribution in [-0.4, -0.2) is 30.9 Å². The molecular weight excluding hydrogens is 516 g/mol. The standard InChI is InChI=1S/C33H34N4O4/c1-5-9-29-34-22(4)30(25-16-18-26(19-17-25)40-21(3)6-2)32(38)37(29)20-23-12-14-24(15-13-23)27-10-7-8-11-28(27)31-35-33(39)41-36-31/h7-8,10-19,21H,5-6,9,20H2,1-4H3,(H,35,36,39). The quantitative estimate of drug-likeness (QED) is 0.203. The van der Waals surface area contributed by atoms with Crippen molar-refractivity contribution in [2.45, 2.75) is 59.6 Å². The normalized spacial score (nSPS) is 11.9. The molecule has 2 aromatic heterocycles. The average Bonchev–Trinajstić information content (AvgIpc) is 3.42. The van der Waals surface area contributed by atoms with Crippen molar-refractivity contribution < 1.29 is 14.4 Å². The van der Waals surface area contributed by atoms with E-state index in [0.29, 0.717) is 24.4 Å². The van der Waals surface area contributed by atoms with Gasteiger partial charge in [-0.3, -0.25) is 13.9 Å². The summed E-state index contributed by atoms with van der Waals surface area (Å²) in [5, 5.41) is 13.4. The third-order valence-electron chi connectivity index (χ3n) is 7.15. The summed E-state index contributed by atoms with van der Waals surface area (Å²) in [5.74, 6) is 1.88. The summed E-state index contributed by atoms with van der Waals surface area (Å²) < 4.78 is 12.5. The maximum atomic E-state index is 13.9. The highest BCUT2D eigenvalue weighted by Gasteiger charge is 2.17. The van der Waals surface area contributed by atoms with E-state index in [4.69, 9.17) is 14.2 Å². The van der Waals surface area contributed by atoms with E-state index >= 15 is 0 Å². The molecule has 5 aromatic rings. The van der Waals surface area contributed by atoms with Gasteiger partial charge < -0.3 is 9.84 Å². The first-order valence-electron chi connectivity index (χ1n) is 14.0. The van der Waals surface area contributed by atoms with Crippen molar-refractivity contribution in [1.29, 1.82) is 0 Å². The van der Waals surface area contributed by atoms with Crippen LogP contribution in [0.2, 0.25) is 0 Å². The molecule has 0 saturated carbocycles. The van der Waals surface area contributed by atoms with Crippen LogP contribution in [0.3, 0.4) is 0 Å². The summed E-state index contributed by atoms with van der Waals surface area (Å²) >= 11 is 0. The molecular formula is C33H34N4O4. The van der Waals surface area contributed by atoms with E-state index in [-0.39, 0.29) is 11.7 Å². The van der Waals surface area contributed by atoms with Gasteiger partial charge in [0.05, 0.1) is 23.9 Å². The van der Waals surface area contributed by atoms with Crippen molar-refractivity contribution in [2.24, 2.45) is 0 Å². The highest BCUT2D eigenvalue weighted by molar-refractivity contribution is 5.80. The fourth-order valence-electron chi connectivity index (χ4n) is 4.87. The minimum atomic E-state index is -0.472. The maximum absolute atomic E-state index is 13.9. The number of ether oxygens (including phenoxy) is 1. The topological polar surface area (TPSA) is 103 Å². The van der Waals surface area contributed by atoms with E-state index < -0.39 is 6.08 Å². The first-order chi connectivity index (χ1) is 19.9. The zero-order valence-electron chi connectivity index (χ0n) is 23.8. The largest absolute Gasteiger partial charge is 0.491 e. The molecule has 1 atom stereocenters. The number of hydrogen-bond donors (Lipinski definition) is 1. The predicted octanol–water partition coefficient (Wildman–Crippen LogP) is 6.82. The number of aromatic hydroxyl groups is 1. The maximum Gasteiger partial charge on any atom is 0.415 e. The van der Waals surface area contributed by atoms with Gasteiger partial charge in [-0.25, -0.2) is 4.98 Å². The molecule has 2 heterocycles. The van der Waals surface area contributed by atoms with Gasteiger partial charge in [0.2, 0.25) is 5.82 Å². The fourth-order valence-corrected chi connectivity index (χ4v) is 4.87. The zero-order valence-corrected chi connectivity index (χ0v) is 23.8. The monoisotopic (exact) mass is 550 g/mol. The van der Waals surface area contributed by atoms with Gasteiger partial charge >= 0.3 is 6.08 Å². The summed E-state index contributed by atoms with van der Waals surface area (Å²) in [6.07, 6.45) is 2.17. The number of benzene rings is 3. The molecule has 5 rings (SSSR count). The lowest BCUT2D eigenvalue weighted by atomic mass is 9.98. The Morgan fingerprint density at radius 3 is 2.24 bits per heavy atom. The smallest absolute Gasteiger partial charge is 0.415 e. The lowest BCUT2D eigenvalue weighted by Gasteiger charge is -2.17. The Hall–Kier alpha value is -4.72. The molecule has 1 unspecified atom stereocenters. The van der Waals surface area contributed by atoms with Crippen LogP contribution in [0, 0.1) is 6.92 Å². The van der Waals surface area contributed by atoms with Gasteiger partial charge in [0, 0.05) is 12.0 Å². The molecule has 8 heteroatoms. The molecule has 8 nitrogen and oxygen atoms in total. The summed E-state index contributed by atoms with van der Waals surface area (Å²) in [6, 6.07) is 23.4. The molecule has 0 amide bonds. The molecule has 41 heavy (non-hydrogen) atoms. The van der Waals surface area contributed by atoms with Crippen molar-refractivity contribution in [2.75, 3.05) is 0 Å². The van der Waals surface area contributed by atoms with Crippen LogP contribution in [0.4, 0.5) is 0 Å². The molecule has 0 aliphatic heterocycles. The number of hydrogen-bond acceptors (Lipinski definition) is 7. The van der Waals surface area contributed by atoms with Gasteiger partial charge in [0.1, 0.15) is 11.6 Å². The van der Waals surface area contributed by atoms with Crippen LogP contribution < -0.4 is 10.3 Å². The molecule has 3 aromatic carbocycles. The number of aryl methyl sites for hydroxylation is 2. The van der Waals surface area contributed by atoms with E-state index in [1.807, 2.05) is 86.6 Å². The van der Waals surface area contributed by atoms with Gasteiger partial charge in [0.25, 0.3) is 5.56 Å². The average molecular weight is 551 g/mol. The first-order valence-corrected chi connectivity index (χ1v) is 14.0. The lowest BCUT2D eigenvalue weighted by Crippen LogP contribution is -2.28. The Kier molecular flexibility index (Phi) is 8.29. The van der Waals surface area contributed by atoms with Gasteiger partial charge in [0.15, 0.2) is 0 Å². The van der Waals surface area contributed by atoms with Crippen LogP contribution in [0.25, 0.3) is 33.6 Å². The van der Waals surface area contributed by atoms with Crippen molar-refractivity contribution in [3.63, 3.8) is 0 Å². The van der Waals surface area contributed by atoms with Gasteiger partial charge in [-0.2, -0.15) is 4.98 Å². The molecule has 210 valence electrons. The second-order valence-electron chi connectivity index (χ2n) is 10.1. The summed E-state index contributed by atoms with van der Waals surface area (Å²) in [4.78, 5) is 22.8. The summed E-state index contributed by atoms with van der Waals surface area (Å²) in [6.45, 7) is 8.52. The third kappa shape index (κ3) is 6.06. The highest BCUT2D eigenvalue weighted by atomic mass is 16.6. The van der Waals surface area contributed by atoms with E-state index in [1.165, 1.54) is 0 Å². The van der Waals surface area contributed by atoms with E-state index in [1.54, 1.807) is 4.57 Å². The molecule has 1 N–H and O–H groups in total. The Labute approximate surface area is 239 Å². The van der Waals surface area contributed by atoms with E-state index in [0.717, 1.165) is 57.9 Å². The predicted molar refractivity (Wildman–Crippen MR) is 159 cm³/mol. The fraction of sp³-hybridized carbons (Fsp3) is 0.273. The first kappa shape index (κ1) is 27.8. The Balaban J connectivity index is 1.47. The Morgan fingerprint density at radius 1 is 0.927 bits per heavy atom. The van der Waals surface area contributed by atoms with Crippen molar-refractivity contribution >= 4 is 0 Å². The number of nitrogens with zero attached hydrogens (tertiary/aromatic N) is 4. The van der Waals surface area contributed by atoms with Crippen LogP contribution in [0.15, 0.2) is 82.1 Å². The van der Waals surface area contributed by atoms with E-state index in [2.05, 4.69) is 24.0 Å². The van der Waals surface area contributed by atoms with Crippen LogP contribution >= 0.6 is 0 Å². The SMILES string of the molecule is CCCc1nc(C)c(-c2ccc(OC(C)CC)cc2)c(=O)n1Cc1ccc(-c2ccccc2-c2noc(O)n2)cc1. The number of rotatable bonds is 10. The molecule has 0 aliphatic carbocycles. The van der Waals surface area contributed by atoms with Gasteiger partial charge in [-0.05, 0) is 61.1 Å². The highest BCUT2D eigenvalue weighted by Crippen LogP contribution is 2.31. The molecule has 0 radical (unpaired) electrons. The minimum absolute atomic E-state index is 0.0529. The minimum Gasteiger partial charge on any atom is -0.491 e. The lowest BCUT2D eigenvalue weighted by molar-refractivity contribution is 0.217. The van der Waals surface area contributed by atoms with Crippen molar-refractivity contribution in [3.05, 3.63) is 100 Å². The van der Waals surface area contributed by atoms with Gasteiger partial charge in [-0.1, -0.05) is 79.7 Å².